The van der Waals surface area contributed by atoms with E-state index in [1.807, 2.05) is 20.8 Å². The van der Waals surface area contributed by atoms with Crippen LogP contribution in [-0.4, -0.2) is 37.2 Å². The molecule has 112 valence electrons. The standard InChI is InChI=1S/C15H30N2O2/c1-4-17-15(2,3)14(18)16-11-8-12-19-13-9-6-5-7-10-13/h13,17H,4-12H2,1-3H3,(H,16,18). The van der Waals surface area contributed by atoms with E-state index in [1.165, 1.54) is 32.1 Å². The minimum Gasteiger partial charge on any atom is -0.378 e. The molecule has 0 radical (unpaired) electrons. The molecule has 0 bridgehead atoms. The minimum atomic E-state index is -0.487. The summed E-state index contributed by atoms with van der Waals surface area (Å²) in [5.41, 5.74) is -0.487. The van der Waals surface area contributed by atoms with Gasteiger partial charge in [-0.1, -0.05) is 26.2 Å². The van der Waals surface area contributed by atoms with Crippen LogP contribution in [0.2, 0.25) is 0 Å². The van der Waals surface area contributed by atoms with E-state index in [2.05, 4.69) is 10.6 Å². The van der Waals surface area contributed by atoms with Gasteiger partial charge in [-0.2, -0.15) is 0 Å². The van der Waals surface area contributed by atoms with E-state index in [9.17, 15) is 4.79 Å². The molecule has 0 atom stereocenters. The molecule has 0 unspecified atom stereocenters. The number of nitrogens with one attached hydrogen (secondary N) is 2. The molecular formula is C15H30N2O2. The van der Waals surface area contributed by atoms with Crippen LogP contribution in [0.1, 0.15) is 59.3 Å². The van der Waals surface area contributed by atoms with E-state index in [1.54, 1.807) is 0 Å². The van der Waals surface area contributed by atoms with Crippen LogP contribution < -0.4 is 10.6 Å². The quantitative estimate of drug-likeness (QED) is 0.665. The Morgan fingerprint density at radius 2 is 1.95 bits per heavy atom. The highest BCUT2D eigenvalue weighted by atomic mass is 16.5. The summed E-state index contributed by atoms with van der Waals surface area (Å²) in [4.78, 5) is 11.9. The highest BCUT2D eigenvalue weighted by Crippen LogP contribution is 2.20. The molecule has 1 rings (SSSR count). The van der Waals surface area contributed by atoms with Gasteiger partial charge in [-0.05, 0) is 39.7 Å². The van der Waals surface area contributed by atoms with Crippen LogP contribution in [0, 0.1) is 0 Å². The molecule has 0 aliphatic heterocycles. The summed E-state index contributed by atoms with van der Waals surface area (Å²) in [6, 6.07) is 0. The first kappa shape index (κ1) is 16.4. The van der Waals surface area contributed by atoms with Gasteiger partial charge in [0.05, 0.1) is 11.6 Å². The van der Waals surface area contributed by atoms with Crippen molar-refractivity contribution in [2.75, 3.05) is 19.7 Å². The highest BCUT2D eigenvalue weighted by molar-refractivity contribution is 5.85. The van der Waals surface area contributed by atoms with Gasteiger partial charge in [0, 0.05) is 13.2 Å². The average molecular weight is 270 g/mol. The maximum absolute atomic E-state index is 11.9. The van der Waals surface area contributed by atoms with Gasteiger partial charge >= 0.3 is 0 Å². The molecule has 4 heteroatoms. The van der Waals surface area contributed by atoms with Crippen LogP contribution in [0.15, 0.2) is 0 Å². The molecule has 0 aromatic carbocycles. The number of hydrogen-bond acceptors (Lipinski definition) is 3. The summed E-state index contributed by atoms with van der Waals surface area (Å²) in [5.74, 6) is 0.0621. The zero-order valence-corrected chi connectivity index (χ0v) is 12.8. The largest absolute Gasteiger partial charge is 0.378 e. The summed E-state index contributed by atoms with van der Waals surface area (Å²) >= 11 is 0. The van der Waals surface area contributed by atoms with Crippen LogP contribution in [-0.2, 0) is 9.53 Å². The Morgan fingerprint density at radius 1 is 1.26 bits per heavy atom. The molecule has 0 aromatic heterocycles. The normalized spacial score (nSPS) is 17.4. The molecule has 0 heterocycles. The fourth-order valence-electron chi connectivity index (χ4n) is 2.50. The number of rotatable bonds is 8. The zero-order valence-electron chi connectivity index (χ0n) is 12.8. The lowest BCUT2D eigenvalue weighted by Gasteiger charge is -2.25. The van der Waals surface area contributed by atoms with Crippen LogP contribution >= 0.6 is 0 Å². The third-order valence-electron chi connectivity index (χ3n) is 3.70. The maximum Gasteiger partial charge on any atom is 0.239 e. The lowest BCUT2D eigenvalue weighted by molar-refractivity contribution is -0.126. The monoisotopic (exact) mass is 270 g/mol. The smallest absolute Gasteiger partial charge is 0.239 e. The Balaban J connectivity index is 2.05. The Labute approximate surface area is 117 Å². The van der Waals surface area contributed by atoms with Crippen molar-refractivity contribution in [2.24, 2.45) is 0 Å². The van der Waals surface area contributed by atoms with Crippen LogP contribution in [0.3, 0.4) is 0 Å². The summed E-state index contributed by atoms with van der Waals surface area (Å²) < 4.78 is 5.83. The van der Waals surface area contributed by atoms with Gasteiger partial charge in [0.2, 0.25) is 5.91 Å². The van der Waals surface area contributed by atoms with Crippen molar-refractivity contribution in [1.29, 1.82) is 0 Å². The van der Waals surface area contributed by atoms with Gasteiger partial charge in [-0.15, -0.1) is 0 Å². The molecular weight excluding hydrogens is 240 g/mol. The fourth-order valence-corrected chi connectivity index (χ4v) is 2.50. The van der Waals surface area contributed by atoms with E-state index in [4.69, 9.17) is 4.74 Å². The fraction of sp³-hybridized carbons (Fsp3) is 0.933. The second kappa shape index (κ2) is 8.54. The Morgan fingerprint density at radius 3 is 2.58 bits per heavy atom. The van der Waals surface area contributed by atoms with Crippen LogP contribution in [0.4, 0.5) is 0 Å². The highest BCUT2D eigenvalue weighted by Gasteiger charge is 2.25. The van der Waals surface area contributed by atoms with Crippen molar-refractivity contribution in [1.82, 2.24) is 10.6 Å². The van der Waals surface area contributed by atoms with E-state index in [0.29, 0.717) is 12.6 Å². The van der Waals surface area contributed by atoms with Crippen molar-refractivity contribution in [3.05, 3.63) is 0 Å². The Bertz CT molecular complexity index is 261. The number of ether oxygens (including phenoxy) is 1. The summed E-state index contributed by atoms with van der Waals surface area (Å²) in [6.07, 6.45) is 7.73. The molecule has 1 aliphatic carbocycles. The summed E-state index contributed by atoms with van der Waals surface area (Å²) in [5, 5.41) is 6.13. The number of carbonyl (C=O) groups excluding carboxylic acids is 1. The maximum atomic E-state index is 11.9. The molecule has 1 fully saturated rings. The van der Waals surface area contributed by atoms with Crippen LogP contribution in [0.25, 0.3) is 0 Å². The van der Waals surface area contributed by atoms with Gasteiger partial charge in [0.15, 0.2) is 0 Å². The van der Waals surface area contributed by atoms with Gasteiger partial charge < -0.3 is 15.4 Å². The predicted molar refractivity (Wildman–Crippen MR) is 78.2 cm³/mol. The molecule has 0 spiro atoms. The SMILES string of the molecule is CCNC(C)(C)C(=O)NCCCOC1CCCCC1. The van der Waals surface area contributed by atoms with Crippen LogP contribution in [0.5, 0.6) is 0 Å². The van der Waals surface area contributed by atoms with Crippen molar-refractivity contribution in [3.63, 3.8) is 0 Å². The van der Waals surface area contributed by atoms with Crippen molar-refractivity contribution >= 4 is 5.91 Å². The zero-order chi connectivity index (χ0) is 14.1. The Kier molecular flexibility index (Phi) is 7.39. The number of hydrogen-bond donors (Lipinski definition) is 2. The lowest BCUT2D eigenvalue weighted by atomic mass is 9.98. The lowest BCUT2D eigenvalue weighted by Crippen LogP contribution is -2.52. The predicted octanol–water partition coefficient (Wildman–Crippen LogP) is 2.23. The Hall–Kier alpha value is -0.610. The first-order valence-corrected chi connectivity index (χ1v) is 7.71. The third kappa shape index (κ3) is 6.39. The molecule has 2 N–H and O–H groups in total. The van der Waals surface area contributed by atoms with Gasteiger partial charge in [-0.25, -0.2) is 0 Å². The number of likely N-dealkylation sites (N-methyl/N-ethyl adjacent to an activating group) is 1. The second-order valence-corrected chi connectivity index (χ2v) is 5.90. The van der Waals surface area contributed by atoms with Gasteiger partial charge in [-0.3, -0.25) is 4.79 Å². The summed E-state index contributed by atoms with van der Waals surface area (Å²) in [7, 11) is 0. The van der Waals surface area contributed by atoms with E-state index >= 15 is 0 Å². The molecule has 19 heavy (non-hydrogen) atoms. The molecule has 0 saturated heterocycles. The summed E-state index contributed by atoms with van der Waals surface area (Å²) in [6.45, 7) is 8.07. The van der Waals surface area contributed by atoms with Crippen molar-refractivity contribution in [2.45, 2.75) is 70.9 Å². The van der Waals surface area contributed by atoms with E-state index in [0.717, 1.165) is 19.6 Å². The second-order valence-electron chi connectivity index (χ2n) is 5.90. The first-order valence-electron chi connectivity index (χ1n) is 7.71. The first-order chi connectivity index (χ1) is 9.06. The van der Waals surface area contributed by atoms with E-state index < -0.39 is 5.54 Å². The molecule has 1 saturated carbocycles. The minimum absolute atomic E-state index is 0.0621. The van der Waals surface area contributed by atoms with Crippen molar-refractivity contribution < 1.29 is 9.53 Å². The molecule has 4 nitrogen and oxygen atoms in total. The molecule has 1 aliphatic rings. The van der Waals surface area contributed by atoms with Gasteiger partial charge in [0.25, 0.3) is 0 Å². The topological polar surface area (TPSA) is 50.4 Å². The third-order valence-corrected chi connectivity index (χ3v) is 3.70. The average Bonchev–Trinajstić information content (AvgIpc) is 2.39. The van der Waals surface area contributed by atoms with E-state index in [-0.39, 0.29) is 5.91 Å². The molecule has 0 aromatic rings. The molecule has 1 amide bonds. The number of amides is 1. The van der Waals surface area contributed by atoms with Crippen molar-refractivity contribution in [3.8, 4) is 0 Å². The van der Waals surface area contributed by atoms with Gasteiger partial charge in [0.1, 0.15) is 0 Å². The number of carbonyl (C=O) groups is 1.